The molecular formula is C20H27N3O5S. The highest BCUT2D eigenvalue weighted by molar-refractivity contribution is 8.00. The van der Waals surface area contributed by atoms with E-state index in [9.17, 15) is 9.59 Å². The highest BCUT2D eigenvalue weighted by atomic mass is 32.2. The zero-order chi connectivity index (χ0) is 20.2. The molecule has 3 aliphatic heterocycles. The topological polar surface area (TPSA) is 71.6 Å². The Morgan fingerprint density at radius 2 is 1.90 bits per heavy atom. The average molecular weight is 422 g/mol. The van der Waals surface area contributed by atoms with E-state index in [1.54, 1.807) is 11.8 Å². The quantitative estimate of drug-likeness (QED) is 0.674. The molecule has 0 aromatic heterocycles. The minimum absolute atomic E-state index is 0.00268. The van der Waals surface area contributed by atoms with Gasteiger partial charge in [0.05, 0.1) is 5.75 Å². The summed E-state index contributed by atoms with van der Waals surface area (Å²) in [6, 6.07) is 5.95. The van der Waals surface area contributed by atoms with E-state index >= 15 is 0 Å². The number of benzene rings is 1. The SMILES string of the molecule is COCC(=O)N1CCN(CCN2C(=O)CS[C@@H]2c2ccc3c(c2)OCCO3)CC1. The van der Waals surface area contributed by atoms with E-state index in [0.717, 1.165) is 36.7 Å². The maximum atomic E-state index is 12.5. The monoisotopic (exact) mass is 421 g/mol. The van der Waals surface area contributed by atoms with E-state index in [1.165, 1.54) is 7.11 Å². The first-order valence-electron chi connectivity index (χ1n) is 9.95. The number of fused-ring (bicyclic) bond motifs is 1. The Kier molecular flexibility index (Phi) is 6.46. The number of hydrogen-bond donors (Lipinski definition) is 0. The predicted molar refractivity (Wildman–Crippen MR) is 109 cm³/mol. The first-order valence-corrected chi connectivity index (χ1v) is 11.0. The zero-order valence-electron chi connectivity index (χ0n) is 16.7. The number of nitrogens with zero attached hydrogens (tertiary/aromatic N) is 3. The van der Waals surface area contributed by atoms with Crippen LogP contribution in [0.3, 0.4) is 0 Å². The third kappa shape index (κ3) is 4.62. The predicted octanol–water partition coefficient (Wildman–Crippen LogP) is 0.822. The second-order valence-corrected chi connectivity index (χ2v) is 8.38. The Bertz CT molecular complexity index is 754. The maximum absolute atomic E-state index is 12.5. The number of carbonyl (C=O) groups is 2. The lowest BCUT2D eigenvalue weighted by atomic mass is 10.1. The van der Waals surface area contributed by atoms with Gasteiger partial charge in [-0.1, -0.05) is 6.07 Å². The molecular weight excluding hydrogens is 394 g/mol. The van der Waals surface area contributed by atoms with Gasteiger partial charge in [-0.3, -0.25) is 14.5 Å². The van der Waals surface area contributed by atoms with Gasteiger partial charge in [-0.2, -0.15) is 0 Å². The molecule has 0 N–H and O–H groups in total. The fraction of sp³-hybridized carbons (Fsp3) is 0.600. The van der Waals surface area contributed by atoms with Gasteiger partial charge < -0.3 is 24.0 Å². The Morgan fingerprint density at radius 1 is 1.14 bits per heavy atom. The van der Waals surface area contributed by atoms with Crippen LogP contribution in [0, 0.1) is 0 Å². The number of piperazine rings is 1. The van der Waals surface area contributed by atoms with Gasteiger partial charge in [0.1, 0.15) is 25.2 Å². The zero-order valence-corrected chi connectivity index (χ0v) is 17.5. The van der Waals surface area contributed by atoms with E-state index in [-0.39, 0.29) is 23.8 Å². The van der Waals surface area contributed by atoms with Crippen molar-refractivity contribution in [3.63, 3.8) is 0 Å². The summed E-state index contributed by atoms with van der Waals surface area (Å²) in [6.45, 7) is 5.79. The van der Waals surface area contributed by atoms with Crippen LogP contribution in [0.1, 0.15) is 10.9 Å². The maximum Gasteiger partial charge on any atom is 0.248 e. The lowest BCUT2D eigenvalue weighted by Gasteiger charge is -2.36. The van der Waals surface area contributed by atoms with E-state index in [4.69, 9.17) is 14.2 Å². The van der Waals surface area contributed by atoms with Crippen molar-refractivity contribution in [2.75, 3.05) is 72.0 Å². The second-order valence-electron chi connectivity index (χ2n) is 7.31. The van der Waals surface area contributed by atoms with Crippen LogP contribution in [0.2, 0.25) is 0 Å². The fourth-order valence-corrected chi connectivity index (χ4v) is 5.08. The lowest BCUT2D eigenvalue weighted by Crippen LogP contribution is -2.51. The third-order valence-electron chi connectivity index (χ3n) is 5.47. The van der Waals surface area contributed by atoms with Crippen LogP contribution in [-0.2, 0) is 14.3 Å². The van der Waals surface area contributed by atoms with Crippen molar-refractivity contribution < 1.29 is 23.8 Å². The van der Waals surface area contributed by atoms with Crippen molar-refractivity contribution in [3.05, 3.63) is 23.8 Å². The molecule has 0 saturated carbocycles. The smallest absolute Gasteiger partial charge is 0.248 e. The van der Waals surface area contributed by atoms with Gasteiger partial charge in [0.15, 0.2) is 11.5 Å². The highest BCUT2D eigenvalue weighted by Crippen LogP contribution is 2.42. The summed E-state index contributed by atoms with van der Waals surface area (Å²) in [5.41, 5.74) is 1.07. The van der Waals surface area contributed by atoms with Gasteiger partial charge in [-0.15, -0.1) is 11.8 Å². The Morgan fingerprint density at radius 3 is 2.66 bits per heavy atom. The molecule has 2 saturated heterocycles. The van der Waals surface area contributed by atoms with Gasteiger partial charge in [0.2, 0.25) is 11.8 Å². The van der Waals surface area contributed by atoms with Crippen molar-refractivity contribution in [1.29, 1.82) is 0 Å². The summed E-state index contributed by atoms with van der Waals surface area (Å²) in [7, 11) is 1.54. The fourth-order valence-electron chi connectivity index (χ4n) is 3.87. The summed E-state index contributed by atoms with van der Waals surface area (Å²) in [5, 5.41) is 0.00268. The lowest BCUT2D eigenvalue weighted by molar-refractivity contribution is -0.136. The van der Waals surface area contributed by atoms with E-state index in [0.29, 0.717) is 38.6 Å². The molecule has 9 heteroatoms. The molecule has 1 atom stereocenters. The number of rotatable bonds is 6. The van der Waals surface area contributed by atoms with Crippen LogP contribution in [-0.4, -0.2) is 98.5 Å². The Labute approximate surface area is 175 Å². The number of ether oxygens (including phenoxy) is 3. The summed E-state index contributed by atoms with van der Waals surface area (Å²) in [4.78, 5) is 30.5. The van der Waals surface area contributed by atoms with Gasteiger partial charge in [-0.25, -0.2) is 0 Å². The average Bonchev–Trinajstić information content (AvgIpc) is 3.12. The Hall–Kier alpha value is -1.97. The van der Waals surface area contributed by atoms with Gasteiger partial charge in [0.25, 0.3) is 0 Å². The molecule has 8 nitrogen and oxygen atoms in total. The molecule has 3 aliphatic rings. The number of hydrogen-bond acceptors (Lipinski definition) is 7. The van der Waals surface area contributed by atoms with Crippen LogP contribution in [0.25, 0.3) is 0 Å². The minimum atomic E-state index is 0.00268. The van der Waals surface area contributed by atoms with Crippen LogP contribution in [0.5, 0.6) is 11.5 Å². The molecule has 0 unspecified atom stereocenters. The third-order valence-corrected chi connectivity index (χ3v) is 6.73. The Balaban J connectivity index is 1.33. The number of methoxy groups -OCH3 is 1. The molecule has 0 radical (unpaired) electrons. The number of carbonyl (C=O) groups excluding carboxylic acids is 2. The molecule has 158 valence electrons. The molecule has 1 aromatic rings. The summed E-state index contributed by atoms with van der Waals surface area (Å²) in [5.74, 6) is 2.23. The highest BCUT2D eigenvalue weighted by Gasteiger charge is 2.34. The first-order chi connectivity index (χ1) is 14.2. The number of amides is 2. The first kappa shape index (κ1) is 20.3. The summed E-state index contributed by atoms with van der Waals surface area (Å²) >= 11 is 1.65. The minimum Gasteiger partial charge on any atom is -0.486 e. The van der Waals surface area contributed by atoms with Crippen molar-refractivity contribution in [2.45, 2.75) is 5.37 Å². The van der Waals surface area contributed by atoms with Gasteiger partial charge >= 0.3 is 0 Å². The van der Waals surface area contributed by atoms with Crippen molar-refractivity contribution in [2.24, 2.45) is 0 Å². The second kappa shape index (κ2) is 9.23. The molecule has 2 amide bonds. The molecule has 0 aliphatic carbocycles. The summed E-state index contributed by atoms with van der Waals surface area (Å²) in [6.07, 6.45) is 0. The van der Waals surface area contributed by atoms with E-state index in [2.05, 4.69) is 4.90 Å². The largest absolute Gasteiger partial charge is 0.486 e. The number of thioether (sulfide) groups is 1. The van der Waals surface area contributed by atoms with Crippen LogP contribution < -0.4 is 9.47 Å². The van der Waals surface area contributed by atoms with Crippen molar-refractivity contribution in [1.82, 2.24) is 14.7 Å². The van der Waals surface area contributed by atoms with E-state index in [1.807, 2.05) is 28.0 Å². The molecule has 2 fully saturated rings. The van der Waals surface area contributed by atoms with Crippen LogP contribution in [0.15, 0.2) is 18.2 Å². The molecule has 3 heterocycles. The molecule has 29 heavy (non-hydrogen) atoms. The molecule has 4 rings (SSSR count). The van der Waals surface area contributed by atoms with Gasteiger partial charge in [-0.05, 0) is 17.7 Å². The van der Waals surface area contributed by atoms with Crippen molar-refractivity contribution >= 4 is 23.6 Å². The van der Waals surface area contributed by atoms with Crippen LogP contribution >= 0.6 is 11.8 Å². The molecule has 0 spiro atoms. The standard InChI is InChI=1S/C20H27N3O5S/c1-26-13-18(24)22-7-4-21(5-8-22)6-9-23-19(25)14-29-20(23)15-2-3-16-17(12-15)28-11-10-27-16/h2-3,12,20H,4-11,13-14H2,1H3/t20-/m1/s1. The van der Waals surface area contributed by atoms with E-state index < -0.39 is 0 Å². The molecule has 1 aromatic carbocycles. The van der Waals surface area contributed by atoms with Crippen molar-refractivity contribution in [3.8, 4) is 11.5 Å². The molecule has 0 bridgehead atoms. The normalized spacial score (nSPS) is 22.2. The van der Waals surface area contributed by atoms with Crippen LogP contribution in [0.4, 0.5) is 0 Å². The summed E-state index contributed by atoms with van der Waals surface area (Å²) < 4.78 is 16.2. The van der Waals surface area contributed by atoms with Gasteiger partial charge in [0, 0.05) is 46.4 Å².